The number of hydrogen-bond acceptors (Lipinski definition) is 10. The van der Waals surface area contributed by atoms with Crippen molar-refractivity contribution >= 4 is 57.9 Å². The van der Waals surface area contributed by atoms with Gasteiger partial charge in [0.2, 0.25) is 17.7 Å². The van der Waals surface area contributed by atoms with E-state index in [9.17, 15) is 19.2 Å². The Bertz CT molecular complexity index is 2250. The minimum Gasteiger partial charge on any atom is -0.395 e. The second kappa shape index (κ2) is 19.9. The number of carbonyl (C=O) groups excluding carboxylic acids is 4. The average molecular weight is 826 g/mol. The number of nitrogens with one attached hydrogen (secondary N) is 5. The van der Waals surface area contributed by atoms with Crippen molar-refractivity contribution in [2.45, 2.75) is 60.4 Å². The zero-order valence-electron chi connectivity index (χ0n) is 32.1. The van der Waals surface area contributed by atoms with Crippen LogP contribution in [0.15, 0.2) is 95.1 Å². The number of aliphatic hydroxyl groups is 1. The molecule has 10 N–H and O–H groups in total. The van der Waals surface area contributed by atoms with Crippen molar-refractivity contribution in [3.8, 4) is 11.1 Å². The normalized spacial score (nSPS) is 18.2. The van der Waals surface area contributed by atoms with Gasteiger partial charge in [-0.1, -0.05) is 65.8 Å². The quantitative estimate of drug-likeness (QED) is 0.103. The number of aliphatic hydroxyl groups excluding tert-OH is 1. The van der Waals surface area contributed by atoms with Gasteiger partial charge in [-0.25, -0.2) is 4.98 Å². The molecule has 14 nitrogen and oxygen atoms in total. The molecule has 4 amide bonds. The lowest BCUT2D eigenvalue weighted by Gasteiger charge is -2.31. The Morgan fingerprint density at radius 2 is 1.79 bits per heavy atom. The number of H-pyrrole nitrogens is 1. The van der Waals surface area contributed by atoms with Gasteiger partial charge in [0.15, 0.2) is 0 Å². The summed E-state index contributed by atoms with van der Waals surface area (Å²) in [6.45, 7) is 0.395. The van der Waals surface area contributed by atoms with Crippen LogP contribution in [0.25, 0.3) is 22.0 Å². The predicted octanol–water partition coefficient (Wildman–Crippen LogP) is 3.10. The molecule has 58 heavy (non-hydrogen) atoms. The first-order valence-electron chi connectivity index (χ1n) is 19.1. The molecule has 6 rings (SSSR count). The molecular weight excluding hydrogens is 778 g/mol. The summed E-state index contributed by atoms with van der Waals surface area (Å²) in [5.74, 6) is -1.69. The fourth-order valence-corrected chi connectivity index (χ4v) is 8.30. The summed E-state index contributed by atoms with van der Waals surface area (Å²) in [5, 5.41) is 23.1. The van der Waals surface area contributed by atoms with E-state index in [-0.39, 0.29) is 45.1 Å². The zero-order chi connectivity index (χ0) is 41.2. The highest BCUT2D eigenvalue weighted by Crippen LogP contribution is 2.41. The van der Waals surface area contributed by atoms with E-state index in [1.54, 1.807) is 31.4 Å². The molecule has 1 aliphatic heterocycles. The average Bonchev–Trinajstić information content (AvgIpc) is 3.66. The molecule has 0 radical (unpaired) electrons. The number of amides is 4. The topological polar surface area (TPSA) is 221 Å². The molecule has 3 aromatic carbocycles. The van der Waals surface area contributed by atoms with Crippen LogP contribution in [0.2, 0.25) is 5.02 Å². The number of nitrogens with zero attached hydrogens (tertiary/aromatic N) is 2. The summed E-state index contributed by atoms with van der Waals surface area (Å²) in [5.41, 5.74) is 17.1. The largest absolute Gasteiger partial charge is 0.395 e. The van der Waals surface area contributed by atoms with Crippen molar-refractivity contribution in [2.75, 3.05) is 33.3 Å². The van der Waals surface area contributed by atoms with E-state index in [2.05, 4.69) is 26.3 Å². The Kier molecular flexibility index (Phi) is 14.5. The molecule has 0 saturated heterocycles. The lowest BCUT2D eigenvalue weighted by molar-refractivity contribution is -0.141. The number of fused-ring (bicyclic) bond motifs is 3. The second-order valence-electron chi connectivity index (χ2n) is 13.9. The number of carbonyl (C=O) groups is 4. The third-order valence-electron chi connectivity index (χ3n) is 10.2. The van der Waals surface area contributed by atoms with Crippen LogP contribution < -0.4 is 32.7 Å². The number of benzene rings is 3. The minimum absolute atomic E-state index is 0.0147. The van der Waals surface area contributed by atoms with Crippen molar-refractivity contribution in [2.24, 2.45) is 11.5 Å². The molecule has 0 fully saturated rings. The van der Waals surface area contributed by atoms with Crippen LogP contribution in [0.3, 0.4) is 0 Å². The van der Waals surface area contributed by atoms with E-state index in [1.807, 2.05) is 60.8 Å². The first-order valence-corrected chi connectivity index (χ1v) is 20.3. The number of para-hydroxylation sites is 1. The van der Waals surface area contributed by atoms with Crippen LogP contribution in [0.4, 0.5) is 0 Å². The molecule has 16 heteroatoms. The summed E-state index contributed by atoms with van der Waals surface area (Å²) in [7, 11) is 1.54. The van der Waals surface area contributed by atoms with E-state index in [1.165, 1.54) is 16.7 Å². The van der Waals surface area contributed by atoms with Crippen LogP contribution >= 0.6 is 23.4 Å². The number of halogens is 1. The van der Waals surface area contributed by atoms with E-state index in [0.29, 0.717) is 45.5 Å². The van der Waals surface area contributed by atoms with Gasteiger partial charge in [0.25, 0.3) is 5.91 Å². The van der Waals surface area contributed by atoms with Crippen molar-refractivity contribution in [3.63, 3.8) is 0 Å². The van der Waals surface area contributed by atoms with Gasteiger partial charge in [0, 0.05) is 73.4 Å². The maximum atomic E-state index is 14.6. The van der Waals surface area contributed by atoms with Crippen LogP contribution in [0, 0.1) is 0 Å². The smallest absolute Gasteiger partial charge is 0.251 e. The molecule has 2 aromatic heterocycles. The van der Waals surface area contributed by atoms with E-state index >= 15 is 0 Å². The number of pyridine rings is 1. The molecule has 3 heterocycles. The molecule has 304 valence electrons. The molecule has 0 saturated carbocycles. The first-order chi connectivity index (χ1) is 28.1. The third kappa shape index (κ3) is 9.86. The molecule has 0 bridgehead atoms. The number of likely N-dealkylation sites (N-methyl/N-ethyl adjacent to an activating group) is 1. The molecule has 3 atom stereocenters. The summed E-state index contributed by atoms with van der Waals surface area (Å²) >= 11 is 8.35. The first kappa shape index (κ1) is 42.3. The predicted molar refractivity (Wildman–Crippen MR) is 225 cm³/mol. The Hall–Kier alpha value is -5.29. The number of rotatable bonds is 10. The standard InChI is InChI=1S/C42H48ClN9O5S/c1-52-36(20-28-23-48-33-8-3-2-7-30(28)33)40(56)50-24-31-29(25-10-12-26(13-11-25)38(54)46-18-19-53)14-15-32(43)37(31)58-41-27(6-5-17-47-41)22-49-34(9-4-16-44)39(55)51-35(21-45)42(52)57/h2-3,5-8,10-15,17,23,34-36,48-49,53H,4,9,16,18-22,24,44-45H2,1H3,(H,46,54)(H,50,56)(H,51,55)/t34-,35-,36-/m0/s1. The minimum atomic E-state index is -1.11. The van der Waals surface area contributed by atoms with Gasteiger partial charge in [-0.2, -0.15) is 0 Å². The molecular formula is C42H48ClN9O5S. The van der Waals surface area contributed by atoms with E-state index in [4.69, 9.17) is 33.2 Å². The fraction of sp³-hybridized carbons (Fsp3) is 0.310. The van der Waals surface area contributed by atoms with Crippen LogP contribution in [0.1, 0.15) is 39.9 Å². The van der Waals surface area contributed by atoms with E-state index < -0.39 is 35.8 Å². The Labute approximate surface area is 345 Å². The highest BCUT2D eigenvalue weighted by atomic mass is 35.5. The maximum absolute atomic E-state index is 14.6. The second-order valence-corrected chi connectivity index (χ2v) is 15.3. The lowest BCUT2D eigenvalue weighted by Crippen LogP contribution is -2.59. The Balaban J connectivity index is 1.46. The highest BCUT2D eigenvalue weighted by molar-refractivity contribution is 7.99. The van der Waals surface area contributed by atoms with Gasteiger partial charge in [-0.3, -0.25) is 19.2 Å². The number of aromatic amines is 1. The monoisotopic (exact) mass is 825 g/mol. The van der Waals surface area contributed by atoms with Gasteiger partial charge in [0.05, 0.1) is 17.7 Å². The van der Waals surface area contributed by atoms with E-state index in [0.717, 1.165) is 33.2 Å². The highest BCUT2D eigenvalue weighted by Gasteiger charge is 2.34. The zero-order valence-corrected chi connectivity index (χ0v) is 33.7. The molecule has 1 aliphatic rings. The van der Waals surface area contributed by atoms with Crippen molar-refractivity contribution in [1.29, 1.82) is 0 Å². The van der Waals surface area contributed by atoms with Crippen LogP contribution in [-0.4, -0.2) is 95.0 Å². The molecule has 5 aromatic rings. The number of nitrogens with two attached hydrogens (primary N) is 2. The lowest BCUT2D eigenvalue weighted by atomic mass is 9.97. The summed E-state index contributed by atoms with van der Waals surface area (Å²) in [4.78, 5) is 65.3. The summed E-state index contributed by atoms with van der Waals surface area (Å²) in [6, 6.07) is 19.2. The van der Waals surface area contributed by atoms with Crippen molar-refractivity contribution in [1.82, 2.24) is 36.1 Å². The van der Waals surface area contributed by atoms with Gasteiger partial charge < -0.3 is 47.7 Å². The number of hydrogen-bond donors (Lipinski definition) is 8. The summed E-state index contributed by atoms with van der Waals surface area (Å²) in [6.07, 6.45) is 4.61. The fourth-order valence-electron chi connectivity index (χ4n) is 6.96. The van der Waals surface area contributed by atoms with Crippen molar-refractivity contribution in [3.05, 3.63) is 112 Å². The molecule has 0 unspecified atom stereocenters. The van der Waals surface area contributed by atoms with Gasteiger partial charge >= 0.3 is 0 Å². The number of aromatic nitrogens is 2. The molecule has 0 aliphatic carbocycles. The van der Waals surface area contributed by atoms with Crippen LogP contribution in [-0.2, 0) is 33.9 Å². The maximum Gasteiger partial charge on any atom is 0.251 e. The van der Waals surface area contributed by atoms with Crippen LogP contribution in [0.5, 0.6) is 0 Å². The van der Waals surface area contributed by atoms with Crippen molar-refractivity contribution < 1.29 is 24.3 Å². The SMILES string of the molecule is CN1C(=O)[C@H](CN)NC(=O)[C@H](CCCN)NCc2cccnc2Sc2c(Cl)ccc(-c3ccc(C(=O)NCCO)cc3)c2CNC(=O)[C@@H]1Cc1c[nH]c2ccccc12. The summed E-state index contributed by atoms with van der Waals surface area (Å²) < 4.78 is 0. The van der Waals surface area contributed by atoms with Gasteiger partial charge in [-0.05, 0) is 77.5 Å². The Morgan fingerprint density at radius 3 is 2.55 bits per heavy atom. The third-order valence-corrected chi connectivity index (χ3v) is 11.8. The molecule has 0 spiro atoms. The Morgan fingerprint density at radius 1 is 1.00 bits per heavy atom. The van der Waals surface area contributed by atoms with Gasteiger partial charge in [0.1, 0.15) is 17.1 Å². The van der Waals surface area contributed by atoms with Gasteiger partial charge in [-0.15, -0.1) is 0 Å².